The summed E-state index contributed by atoms with van der Waals surface area (Å²) in [5, 5.41) is 14.3. The molecule has 1 N–H and O–H groups in total. The summed E-state index contributed by atoms with van der Waals surface area (Å²) in [6, 6.07) is 9.68. The predicted octanol–water partition coefficient (Wildman–Crippen LogP) is 5.83. The number of benzene rings is 1. The first kappa shape index (κ1) is 29.2. The number of nitrogens with zero attached hydrogens (tertiary/aromatic N) is 3. The molecule has 4 aromatic rings. The van der Waals surface area contributed by atoms with Crippen LogP contribution >= 0.6 is 11.3 Å². The van der Waals surface area contributed by atoms with Crippen LogP contribution < -0.4 is 15.6 Å². The lowest BCUT2D eigenvalue weighted by atomic mass is 10.1. The number of rotatable bonds is 10. The van der Waals surface area contributed by atoms with Crippen LogP contribution in [0, 0.1) is 5.82 Å². The third-order valence-corrected chi connectivity index (χ3v) is 6.68. The Morgan fingerprint density at radius 2 is 1.85 bits per heavy atom. The minimum Gasteiger partial charge on any atom is -0.490 e. The molecule has 3 heterocycles. The minimum absolute atomic E-state index is 0.0485. The van der Waals surface area contributed by atoms with Gasteiger partial charge < -0.3 is 24.1 Å². The summed E-state index contributed by atoms with van der Waals surface area (Å²) in [4.78, 5) is 24.3. The van der Waals surface area contributed by atoms with Gasteiger partial charge in [-0.1, -0.05) is 0 Å². The molecule has 3 aromatic heterocycles. The SMILES string of the molecule is CC(C)n1ccc(-c2nnc(-c3ccc(F)cc3OCCOCCNC(=O)OC(C)(C)C)c3sccc23)cc1=O. The molecule has 0 aliphatic rings. The second kappa shape index (κ2) is 12.6. The number of halogens is 1. The van der Waals surface area contributed by atoms with Crippen molar-refractivity contribution in [3.05, 3.63) is 64.1 Å². The van der Waals surface area contributed by atoms with E-state index in [9.17, 15) is 14.0 Å². The fraction of sp³-hybridized carbons (Fsp3) is 0.379. The van der Waals surface area contributed by atoms with Crippen LogP contribution in [-0.2, 0) is 9.47 Å². The highest BCUT2D eigenvalue weighted by Gasteiger charge is 2.19. The first-order chi connectivity index (χ1) is 19.0. The van der Waals surface area contributed by atoms with Gasteiger partial charge in [0.15, 0.2) is 0 Å². The van der Waals surface area contributed by atoms with Gasteiger partial charge >= 0.3 is 6.09 Å². The Kier molecular flexibility index (Phi) is 9.16. The Morgan fingerprint density at radius 3 is 2.58 bits per heavy atom. The molecule has 0 radical (unpaired) electrons. The zero-order valence-corrected chi connectivity index (χ0v) is 24.0. The standard InChI is InChI=1S/C29H33FN4O5S/c1-18(2)34-11-8-19(16-24(34)35)25-22-9-15-40-27(22)26(33-32-25)21-7-6-20(30)17-23(21)38-14-13-37-12-10-31-28(36)39-29(3,4)5/h6-9,11,15-18H,10,12-14H2,1-5H3,(H,31,36). The van der Waals surface area contributed by atoms with Crippen LogP contribution in [0.15, 0.2) is 52.8 Å². The number of amides is 1. The molecular formula is C29H33FN4O5S. The highest BCUT2D eigenvalue weighted by Crippen LogP contribution is 2.39. The maximum Gasteiger partial charge on any atom is 0.407 e. The molecule has 0 saturated carbocycles. The van der Waals surface area contributed by atoms with Crippen LogP contribution in [0.2, 0.25) is 0 Å². The molecule has 40 heavy (non-hydrogen) atoms. The quantitative estimate of drug-likeness (QED) is 0.240. The van der Waals surface area contributed by atoms with Gasteiger partial charge in [-0.15, -0.1) is 21.5 Å². The molecule has 9 nitrogen and oxygen atoms in total. The number of pyridine rings is 1. The Balaban J connectivity index is 1.46. The molecule has 0 bridgehead atoms. The van der Waals surface area contributed by atoms with E-state index in [0.29, 0.717) is 28.3 Å². The molecule has 0 atom stereocenters. The highest BCUT2D eigenvalue weighted by atomic mass is 32.1. The third kappa shape index (κ3) is 7.22. The van der Waals surface area contributed by atoms with Gasteiger partial charge in [0.1, 0.15) is 35.2 Å². The molecule has 0 aliphatic heterocycles. The number of alkyl carbamates (subject to hydrolysis) is 1. The van der Waals surface area contributed by atoms with Crippen LogP contribution in [0.1, 0.15) is 40.7 Å². The maximum absolute atomic E-state index is 14.2. The monoisotopic (exact) mass is 568 g/mol. The number of hydrogen-bond donors (Lipinski definition) is 1. The lowest BCUT2D eigenvalue weighted by molar-refractivity contribution is 0.0489. The molecule has 0 aliphatic carbocycles. The molecule has 1 aromatic carbocycles. The van der Waals surface area contributed by atoms with E-state index in [0.717, 1.165) is 10.1 Å². The number of aromatic nitrogens is 3. The van der Waals surface area contributed by atoms with Crippen molar-refractivity contribution < 1.29 is 23.4 Å². The van der Waals surface area contributed by atoms with Crippen molar-refractivity contribution >= 4 is 27.5 Å². The molecule has 0 unspecified atom stereocenters. The Bertz CT molecular complexity index is 1540. The van der Waals surface area contributed by atoms with E-state index >= 15 is 0 Å². The van der Waals surface area contributed by atoms with Crippen molar-refractivity contribution in [2.24, 2.45) is 0 Å². The Hall–Kier alpha value is -3.83. The lowest BCUT2D eigenvalue weighted by Gasteiger charge is -2.19. The van der Waals surface area contributed by atoms with Gasteiger partial charge in [-0.3, -0.25) is 4.79 Å². The van der Waals surface area contributed by atoms with E-state index in [1.165, 1.54) is 23.5 Å². The van der Waals surface area contributed by atoms with Crippen molar-refractivity contribution in [1.29, 1.82) is 0 Å². The normalized spacial score (nSPS) is 11.7. The number of thiophene rings is 1. The van der Waals surface area contributed by atoms with E-state index < -0.39 is 17.5 Å². The highest BCUT2D eigenvalue weighted by molar-refractivity contribution is 7.17. The smallest absolute Gasteiger partial charge is 0.407 e. The predicted molar refractivity (Wildman–Crippen MR) is 153 cm³/mol. The van der Waals surface area contributed by atoms with Crippen molar-refractivity contribution in [2.45, 2.75) is 46.3 Å². The summed E-state index contributed by atoms with van der Waals surface area (Å²) >= 11 is 1.48. The summed E-state index contributed by atoms with van der Waals surface area (Å²) in [5.74, 6) is -0.134. The molecule has 212 valence electrons. The number of carbonyl (C=O) groups excluding carboxylic acids is 1. The average molecular weight is 569 g/mol. The van der Waals surface area contributed by atoms with Gasteiger partial charge in [0.05, 0.1) is 17.9 Å². The molecule has 4 rings (SSSR count). The largest absolute Gasteiger partial charge is 0.490 e. The summed E-state index contributed by atoms with van der Waals surface area (Å²) in [6.45, 7) is 10.2. The lowest BCUT2D eigenvalue weighted by Crippen LogP contribution is -2.34. The fourth-order valence-electron chi connectivity index (χ4n) is 3.99. The number of nitrogens with one attached hydrogen (secondary N) is 1. The zero-order chi connectivity index (χ0) is 28.9. The second-order valence-corrected chi connectivity index (χ2v) is 11.3. The molecule has 0 fully saturated rings. The van der Waals surface area contributed by atoms with Crippen LogP contribution in [-0.4, -0.2) is 52.8 Å². The minimum atomic E-state index is -0.570. The van der Waals surface area contributed by atoms with Crippen molar-refractivity contribution in [1.82, 2.24) is 20.1 Å². The summed E-state index contributed by atoms with van der Waals surface area (Å²) in [5.41, 5.74) is 1.75. The van der Waals surface area contributed by atoms with E-state index in [1.54, 1.807) is 43.7 Å². The Morgan fingerprint density at radius 1 is 1.07 bits per heavy atom. The van der Waals surface area contributed by atoms with Gasteiger partial charge in [-0.2, -0.15) is 0 Å². The summed E-state index contributed by atoms with van der Waals surface area (Å²) < 4.78 is 33.2. The molecule has 1 amide bonds. The van der Waals surface area contributed by atoms with Crippen LogP contribution in [0.5, 0.6) is 5.75 Å². The van der Waals surface area contributed by atoms with E-state index in [1.807, 2.05) is 31.4 Å². The topological polar surface area (TPSA) is 105 Å². The van der Waals surface area contributed by atoms with Crippen LogP contribution in [0.3, 0.4) is 0 Å². The zero-order valence-electron chi connectivity index (χ0n) is 23.2. The van der Waals surface area contributed by atoms with Gasteiger partial charge in [-0.25, -0.2) is 9.18 Å². The van der Waals surface area contributed by atoms with Crippen molar-refractivity contribution in [3.63, 3.8) is 0 Å². The summed E-state index contributed by atoms with van der Waals surface area (Å²) in [6.07, 6.45) is 1.25. The molecular weight excluding hydrogens is 535 g/mol. The first-order valence-electron chi connectivity index (χ1n) is 13.0. The van der Waals surface area contributed by atoms with Gasteiger partial charge in [0, 0.05) is 47.4 Å². The summed E-state index contributed by atoms with van der Waals surface area (Å²) in [7, 11) is 0. The van der Waals surface area contributed by atoms with Gasteiger partial charge in [-0.05, 0) is 64.3 Å². The number of fused-ring (bicyclic) bond motifs is 1. The molecule has 0 spiro atoms. The molecule has 11 heteroatoms. The van der Waals surface area contributed by atoms with Gasteiger partial charge in [0.2, 0.25) is 0 Å². The van der Waals surface area contributed by atoms with Gasteiger partial charge in [0.25, 0.3) is 5.56 Å². The number of hydrogen-bond acceptors (Lipinski definition) is 8. The maximum atomic E-state index is 14.2. The number of ether oxygens (including phenoxy) is 3. The van der Waals surface area contributed by atoms with E-state index in [4.69, 9.17) is 14.2 Å². The second-order valence-electron chi connectivity index (χ2n) is 10.3. The first-order valence-corrected chi connectivity index (χ1v) is 13.8. The Labute approximate surface area is 235 Å². The van der Waals surface area contributed by atoms with E-state index in [-0.39, 0.29) is 38.0 Å². The van der Waals surface area contributed by atoms with E-state index in [2.05, 4.69) is 15.5 Å². The van der Waals surface area contributed by atoms with Crippen LogP contribution in [0.4, 0.5) is 9.18 Å². The van der Waals surface area contributed by atoms with Crippen molar-refractivity contribution in [3.8, 4) is 28.3 Å². The average Bonchev–Trinajstić information content (AvgIpc) is 3.37. The number of carbonyl (C=O) groups is 1. The van der Waals surface area contributed by atoms with Crippen LogP contribution in [0.25, 0.3) is 32.6 Å². The van der Waals surface area contributed by atoms with Crippen molar-refractivity contribution in [2.75, 3.05) is 26.4 Å². The fourth-order valence-corrected chi connectivity index (χ4v) is 4.89. The molecule has 0 saturated heterocycles. The third-order valence-electron chi connectivity index (χ3n) is 5.76.